The van der Waals surface area contributed by atoms with Gasteiger partial charge < -0.3 is 51.4 Å². The number of hydrogen-bond acceptors (Lipinski definition) is 13. The van der Waals surface area contributed by atoms with Crippen LogP contribution in [0.4, 0.5) is 28.9 Å². The molecule has 0 radical (unpaired) electrons. The molecule has 1 saturated heterocycles. The zero-order chi connectivity index (χ0) is 61.1. The second-order valence-electron chi connectivity index (χ2n) is 21.7. The number of anilines is 1. The van der Waals surface area contributed by atoms with Crippen molar-refractivity contribution in [3.63, 3.8) is 0 Å². The van der Waals surface area contributed by atoms with Crippen LogP contribution in [0.25, 0.3) is 11.4 Å². The number of rotatable bonds is 28. The number of ether oxygens (including phenoxy) is 1. The van der Waals surface area contributed by atoms with Crippen LogP contribution in [0.15, 0.2) is 84.9 Å². The van der Waals surface area contributed by atoms with Crippen LogP contribution in [0.3, 0.4) is 0 Å². The quantitative estimate of drug-likeness (QED) is 0.0248. The maximum atomic E-state index is 15.3. The van der Waals surface area contributed by atoms with Crippen LogP contribution in [0.2, 0.25) is 0 Å². The molecule has 2 aliphatic rings. The first-order valence-corrected chi connectivity index (χ1v) is 28.8. The molecule has 27 heteroatoms. The Balaban J connectivity index is 1.07. The van der Waals surface area contributed by atoms with Gasteiger partial charge in [0.15, 0.2) is 11.6 Å². The zero-order valence-corrected chi connectivity index (χ0v) is 48.6. The van der Waals surface area contributed by atoms with Gasteiger partial charge in [-0.15, -0.1) is 0 Å². The van der Waals surface area contributed by atoms with Gasteiger partial charge in [-0.05, 0) is 84.9 Å². The number of alkyl carbamates (subject to hydrolysis) is 1. The summed E-state index contributed by atoms with van der Waals surface area (Å²) in [6.45, 7) is 9.92. The largest absolute Gasteiger partial charge is 0.760 e. The van der Waals surface area contributed by atoms with E-state index >= 15 is 4.39 Å². The third kappa shape index (κ3) is 19.2. The number of primary amides is 1. The fraction of sp³-hybridized carbons (Fsp3) is 0.474. The molecule has 6 rings (SSSR count). The molecule has 3 heterocycles. The summed E-state index contributed by atoms with van der Waals surface area (Å²) in [5.41, 5.74) is 5.99. The molecule has 4 aromatic rings. The number of urea groups is 2. The van der Waals surface area contributed by atoms with Gasteiger partial charge in [0.2, 0.25) is 17.7 Å². The van der Waals surface area contributed by atoms with Crippen molar-refractivity contribution >= 4 is 64.6 Å². The highest BCUT2D eigenvalue weighted by molar-refractivity contribution is 7.76. The van der Waals surface area contributed by atoms with Crippen LogP contribution < -0.4 is 32.3 Å². The maximum Gasteiger partial charge on any atom is 0.407 e. The molecule has 2 aliphatic heterocycles. The first kappa shape index (κ1) is 65.0. The standard InChI is InChI=1S/C57H75F2N13O11S/c1-37(2)48(65-45(73)17-10-7-11-28-70-46(74)24-25-47(70)75)53(77)64-44(16-12-26-61-54(60)78)52(76)63-41-21-18-39(19-22-41)36-83-55(79)62-27-13-29-71(56(80)68-30-32-69(33-31-68)84(81)82)49(57(3,4)5)51-66-50(42-34-40(58)20-23-43(42)59)67-72(51)35-38-14-8-6-9-15-38/h6,8-9,14-15,18-25,34,37,44,48-49H,7,10-13,16-17,26-33,35-36H2,1-5H3,(H,62,79)(H,63,76)(H,64,77)(H,65,73)(H,81,82)(H3,60,61,78)/p-1. The average molecular weight is 1190 g/mol. The van der Waals surface area contributed by atoms with Crippen molar-refractivity contribution in [1.29, 1.82) is 0 Å². The Morgan fingerprint density at radius 1 is 0.821 bits per heavy atom. The summed E-state index contributed by atoms with van der Waals surface area (Å²) in [4.78, 5) is 112. The third-order valence-corrected chi connectivity index (χ3v) is 14.7. The van der Waals surface area contributed by atoms with Crippen LogP contribution in [-0.4, -0.2) is 155 Å². The van der Waals surface area contributed by atoms with Gasteiger partial charge in [-0.1, -0.05) is 83.5 Å². The van der Waals surface area contributed by atoms with E-state index in [4.69, 9.17) is 15.5 Å². The van der Waals surface area contributed by atoms with Gasteiger partial charge in [0, 0.05) is 87.9 Å². The normalized spacial score (nSPS) is 15.1. The van der Waals surface area contributed by atoms with Crippen molar-refractivity contribution in [3.05, 3.63) is 114 Å². The number of nitrogens with one attached hydrogen (secondary N) is 5. The molecule has 7 N–H and O–H groups in total. The summed E-state index contributed by atoms with van der Waals surface area (Å²) < 4.78 is 61.8. The lowest BCUT2D eigenvalue weighted by atomic mass is 9.84. The number of amides is 10. The molecule has 24 nitrogen and oxygen atoms in total. The third-order valence-electron chi connectivity index (χ3n) is 13.9. The Morgan fingerprint density at radius 3 is 2.14 bits per heavy atom. The fourth-order valence-electron chi connectivity index (χ4n) is 9.52. The number of hydrogen-bond donors (Lipinski definition) is 6. The molecule has 1 fully saturated rings. The van der Waals surface area contributed by atoms with E-state index in [1.165, 1.54) is 16.5 Å². The van der Waals surface area contributed by atoms with Crippen LogP contribution in [0.1, 0.15) is 103 Å². The maximum absolute atomic E-state index is 15.3. The Kier molecular flexibility index (Phi) is 23.9. The van der Waals surface area contributed by atoms with Gasteiger partial charge in [-0.3, -0.25) is 33.1 Å². The SMILES string of the molecule is CC(C)C(NC(=O)CCCCCN1C(=O)C=CC1=O)C(=O)NC(CCCNC(N)=O)C(=O)Nc1ccc(COC(=O)NCCCN(C(=O)N2CCN(S(=O)[O-])CC2)C(c2nc(-c3cc(F)ccc3F)nn2Cc2ccccc2)C(C)(C)C)cc1. The predicted octanol–water partition coefficient (Wildman–Crippen LogP) is 5.01. The van der Waals surface area contributed by atoms with Crippen molar-refractivity contribution < 1.29 is 60.6 Å². The van der Waals surface area contributed by atoms with E-state index in [9.17, 15) is 51.5 Å². The molecule has 3 aromatic carbocycles. The van der Waals surface area contributed by atoms with E-state index < -0.39 is 82.3 Å². The smallest absolute Gasteiger partial charge is 0.407 e. The first-order chi connectivity index (χ1) is 40.0. The molecule has 1 aromatic heterocycles. The minimum absolute atomic E-state index is 0.0392. The average Bonchev–Trinajstić information content (AvgIpc) is 2.30. The van der Waals surface area contributed by atoms with Crippen LogP contribution >= 0.6 is 0 Å². The highest BCUT2D eigenvalue weighted by Gasteiger charge is 2.41. The molecule has 0 aliphatic carbocycles. The predicted molar refractivity (Wildman–Crippen MR) is 305 cm³/mol. The Hall–Kier alpha value is -8.17. The fourth-order valence-corrected chi connectivity index (χ4v) is 9.98. The first-order valence-electron chi connectivity index (χ1n) is 27.8. The van der Waals surface area contributed by atoms with Gasteiger partial charge in [0.1, 0.15) is 30.3 Å². The van der Waals surface area contributed by atoms with Gasteiger partial charge in [-0.2, -0.15) is 5.10 Å². The summed E-state index contributed by atoms with van der Waals surface area (Å²) in [6.07, 6.45) is 3.79. The van der Waals surface area contributed by atoms with E-state index in [1.807, 2.05) is 51.1 Å². The number of aromatic nitrogens is 3. The molecule has 84 heavy (non-hydrogen) atoms. The number of nitrogens with zero attached hydrogens (tertiary/aromatic N) is 7. The van der Waals surface area contributed by atoms with E-state index in [1.54, 1.807) is 52.6 Å². The lowest BCUT2D eigenvalue weighted by Gasteiger charge is -2.43. The second-order valence-corrected chi connectivity index (χ2v) is 22.7. The number of piperazine rings is 1. The highest BCUT2D eigenvalue weighted by Crippen LogP contribution is 2.39. The molecule has 0 bridgehead atoms. The molecular formula is C57H74F2N13O11S-. The summed E-state index contributed by atoms with van der Waals surface area (Å²) in [7, 11) is 0. The highest BCUT2D eigenvalue weighted by atomic mass is 32.2. The lowest BCUT2D eigenvalue weighted by molar-refractivity contribution is -0.137. The molecule has 454 valence electrons. The minimum atomic E-state index is -2.48. The Bertz CT molecular complexity index is 2990. The van der Waals surface area contributed by atoms with Crippen LogP contribution in [0, 0.1) is 23.0 Å². The summed E-state index contributed by atoms with van der Waals surface area (Å²) in [5.74, 6) is -3.96. The van der Waals surface area contributed by atoms with E-state index in [-0.39, 0.29) is 126 Å². The monoisotopic (exact) mass is 1190 g/mol. The van der Waals surface area contributed by atoms with Gasteiger partial charge >= 0.3 is 18.2 Å². The number of nitrogens with two attached hydrogens (primary N) is 1. The summed E-state index contributed by atoms with van der Waals surface area (Å²) in [5, 5.41) is 18.1. The Morgan fingerprint density at radius 2 is 1.50 bits per heavy atom. The lowest BCUT2D eigenvalue weighted by Crippen LogP contribution is -2.55. The van der Waals surface area contributed by atoms with E-state index in [2.05, 4.69) is 31.7 Å². The molecule has 10 amide bonds. The van der Waals surface area contributed by atoms with E-state index in [0.717, 1.165) is 28.7 Å². The zero-order valence-electron chi connectivity index (χ0n) is 47.8. The summed E-state index contributed by atoms with van der Waals surface area (Å²) in [6, 6.07) is 14.5. The number of halogens is 2. The van der Waals surface area contributed by atoms with Crippen LogP contribution in [-0.2, 0) is 53.1 Å². The molecule has 4 unspecified atom stereocenters. The topological polar surface area (TPSA) is 316 Å². The number of carbonyl (C=O) groups excluding carboxylic acids is 8. The number of benzene rings is 3. The number of imide groups is 1. The van der Waals surface area contributed by atoms with Crippen molar-refractivity contribution in [2.45, 2.75) is 111 Å². The second kappa shape index (κ2) is 30.9. The molecule has 0 saturated carbocycles. The minimum Gasteiger partial charge on any atom is -0.760 e. The van der Waals surface area contributed by atoms with Crippen LogP contribution in [0.5, 0.6) is 0 Å². The van der Waals surface area contributed by atoms with Crippen molar-refractivity contribution in [2.24, 2.45) is 17.1 Å². The number of unbranched alkanes of at least 4 members (excludes halogenated alkanes) is 2. The van der Waals surface area contributed by atoms with Gasteiger partial charge in [0.25, 0.3) is 11.8 Å². The Labute approximate surface area is 489 Å². The van der Waals surface area contributed by atoms with Crippen molar-refractivity contribution in [3.8, 4) is 11.4 Å². The number of carbonyl (C=O) groups is 8. The van der Waals surface area contributed by atoms with Gasteiger partial charge in [0.05, 0.1) is 18.2 Å². The van der Waals surface area contributed by atoms with Crippen molar-refractivity contribution in [2.75, 3.05) is 57.7 Å². The van der Waals surface area contributed by atoms with Crippen molar-refractivity contribution in [1.82, 2.24) is 55.0 Å². The summed E-state index contributed by atoms with van der Waals surface area (Å²) >= 11 is -2.48. The molecule has 4 atom stereocenters. The molecule has 0 spiro atoms. The van der Waals surface area contributed by atoms with E-state index in [0.29, 0.717) is 30.5 Å². The van der Waals surface area contributed by atoms with Gasteiger partial charge in [-0.25, -0.2) is 37.1 Å². The molecular weight excluding hydrogens is 1110 g/mol.